The molecule has 4 aliphatic rings. The van der Waals surface area contributed by atoms with Crippen LogP contribution in [0.4, 0.5) is 5.69 Å². The minimum Gasteiger partial charge on any atom is -0.274 e. The molecular formula is C31H22N4O3. The van der Waals surface area contributed by atoms with Crippen LogP contribution in [0.3, 0.4) is 0 Å². The van der Waals surface area contributed by atoms with Crippen LogP contribution in [0.1, 0.15) is 38.5 Å². The van der Waals surface area contributed by atoms with E-state index in [-0.39, 0.29) is 17.7 Å². The summed E-state index contributed by atoms with van der Waals surface area (Å²) in [5, 5.41) is 4.42. The van der Waals surface area contributed by atoms with E-state index in [0.29, 0.717) is 11.3 Å². The van der Waals surface area contributed by atoms with Crippen LogP contribution in [-0.4, -0.2) is 28.9 Å². The molecule has 8 rings (SSSR count). The fraction of sp³-hybridized carbons (Fsp3) is 0.129. The summed E-state index contributed by atoms with van der Waals surface area (Å²) >= 11 is 0. The molecule has 1 saturated heterocycles. The maximum absolute atomic E-state index is 14.2. The van der Waals surface area contributed by atoms with Crippen molar-refractivity contribution in [1.82, 2.24) is 10.4 Å². The fourth-order valence-electron chi connectivity index (χ4n) is 6.64. The van der Waals surface area contributed by atoms with Gasteiger partial charge in [0, 0.05) is 24.5 Å². The molecule has 3 amide bonds. The van der Waals surface area contributed by atoms with E-state index in [1.54, 1.807) is 36.7 Å². The second kappa shape index (κ2) is 8.31. The number of nitrogens with one attached hydrogen (secondary N) is 1. The average Bonchev–Trinajstić information content (AvgIpc) is 3.24. The van der Waals surface area contributed by atoms with Gasteiger partial charge < -0.3 is 0 Å². The summed E-state index contributed by atoms with van der Waals surface area (Å²) in [6.07, 6.45) is 4.72. The number of nitrogens with zero attached hydrogens (tertiary/aromatic N) is 3. The number of carbonyl (C=O) groups is 3. The van der Waals surface area contributed by atoms with E-state index in [1.165, 1.54) is 11.1 Å². The van der Waals surface area contributed by atoms with Crippen molar-refractivity contribution in [3.05, 3.63) is 131 Å². The minimum atomic E-state index is -1.04. The number of benzene rings is 3. The number of hydrazone groups is 1. The number of rotatable bonds is 4. The first-order chi connectivity index (χ1) is 18.6. The molecule has 1 aliphatic heterocycles. The van der Waals surface area contributed by atoms with Crippen LogP contribution in [-0.2, 0) is 15.0 Å². The van der Waals surface area contributed by atoms with Crippen LogP contribution in [0, 0.1) is 11.8 Å². The van der Waals surface area contributed by atoms with Crippen molar-refractivity contribution >= 4 is 29.6 Å². The zero-order valence-electron chi connectivity index (χ0n) is 20.2. The SMILES string of the molecule is O=C(N/N=C\C12c3ccccc3C(c3ccccc31)[C@@H]1C(=O)N(c3ccccc3)C(=O)[C@H]12)c1cccnc1. The molecule has 4 aromatic rings. The van der Waals surface area contributed by atoms with Crippen molar-refractivity contribution in [2.24, 2.45) is 16.9 Å². The largest absolute Gasteiger partial charge is 0.274 e. The van der Waals surface area contributed by atoms with Crippen molar-refractivity contribution in [1.29, 1.82) is 0 Å². The van der Waals surface area contributed by atoms with Crippen LogP contribution in [0.2, 0.25) is 0 Å². The number of pyridine rings is 1. The minimum absolute atomic E-state index is 0.211. The number of aromatic nitrogens is 1. The molecule has 7 nitrogen and oxygen atoms in total. The van der Waals surface area contributed by atoms with Crippen molar-refractivity contribution in [3.8, 4) is 0 Å². The smallest absolute Gasteiger partial charge is 0.272 e. The molecule has 0 spiro atoms. The molecular weight excluding hydrogens is 476 g/mol. The first kappa shape index (κ1) is 22.3. The predicted octanol–water partition coefficient (Wildman–Crippen LogP) is 4.05. The van der Waals surface area contributed by atoms with E-state index >= 15 is 0 Å². The average molecular weight is 499 g/mol. The number of amides is 3. The summed E-state index contributed by atoms with van der Waals surface area (Å²) in [5.74, 6) is -2.43. The Morgan fingerprint density at radius 3 is 2.16 bits per heavy atom. The first-order valence-electron chi connectivity index (χ1n) is 12.5. The molecule has 2 bridgehead atoms. The number of para-hydroxylation sites is 1. The topological polar surface area (TPSA) is 91.7 Å². The van der Waals surface area contributed by atoms with Crippen LogP contribution in [0.15, 0.2) is 108 Å². The molecule has 0 radical (unpaired) electrons. The van der Waals surface area contributed by atoms with Gasteiger partial charge in [-0.15, -0.1) is 0 Å². The van der Waals surface area contributed by atoms with Crippen molar-refractivity contribution in [3.63, 3.8) is 0 Å². The maximum Gasteiger partial charge on any atom is 0.272 e. The molecule has 38 heavy (non-hydrogen) atoms. The summed E-state index contributed by atoms with van der Waals surface area (Å²) in [6, 6.07) is 28.3. The van der Waals surface area contributed by atoms with Crippen LogP contribution in [0.25, 0.3) is 0 Å². The third-order valence-corrected chi connectivity index (χ3v) is 8.06. The second-order valence-corrected chi connectivity index (χ2v) is 9.81. The van der Waals surface area contributed by atoms with Gasteiger partial charge in [0.15, 0.2) is 0 Å². The standard InChI is InChI=1S/C31H22N4O3/c36-28(19-9-8-16-32-17-19)34-33-18-31-23-14-6-4-12-21(23)25(22-13-5-7-15-24(22)31)26-27(31)30(38)35(29(26)37)20-10-2-1-3-11-20/h1-18,25-27H,(H,34,36)/b33-18-/t25?,26-,27-,31?/m0/s1. The Morgan fingerprint density at radius 2 is 1.50 bits per heavy atom. The number of hydrogen-bond acceptors (Lipinski definition) is 5. The highest BCUT2D eigenvalue weighted by Crippen LogP contribution is 2.63. The molecule has 2 atom stereocenters. The van der Waals surface area contributed by atoms with Crippen LogP contribution >= 0.6 is 0 Å². The molecule has 0 saturated carbocycles. The van der Waals surface area contributed by atoms with Crippen molar-refractivity contribution in [2.75, 3.05) is 4.90 Å². The quantitative estimate of drug-likeness (QED) is 0.261. The summed E-state index contributed by atoms with van der Waals surface area (Å²) in [7, 11) is 0. The third kappa shape index (κ3) is 2.93. The Hall–Kier alpha value is -4.91. The molecule has 2 heterocycles. The normalized spacial score (nSPS) is 24.7. The van der Waals surface area contributed by atoms with Gasteiger partial charge in [0.2, 0.25) is 11.8 Å². The molecule has 7 heteroatoms. The van der Waals surface area contributed by atoms with Gasteiger partial charge >= 0.3 is 0 Å². The number of anilines is 1. The van der Waals surface area contributed by atoms with Gasteiger partial charge in [0.1, 0.15) is 0 Å². The molecule has 3 aliphatic carbocycles. The lowest BCUT2D eigenvalue weighted by molar-refractivity contribution is -0.122. The van der Waals surface area contributed by atoms with Gasteiger partial charge in [-0.1, -0.05) is 66.7 Å². The van der Waals surface area contributed by atoms with Crippen LogP contribution < -0.4 is 10.3 Å². The highest BCUT2D eigenvalue weighted by atomic mass is 16.2. The Bertz CT molecular complexity index is 1590. The summed E-state index contributed by atoms with van der Waals surface area (Å²) in [4.78, 5) is 46.4. The fourth-order valence-corrected chi connectivity index (χ4v) is 6.64. The Labute approximate surface area is 218 Å². The highest BCUT2D eigenvalue weighted by molar-refractivity contribution is 6.25. The number of hydrogen-bond donors (Lipinski definition) is 1. The molecule has 1 N–H and O–H groups in total. The highest BCUT2D eigenvalue weighted by Gasteiger charge is 2.68. The van der Waals surface area contributed by atoms with Crippen molar-refractivity contribution in [2.45, 2.75) is 11.3 Å². The van der Waals surface area contributed by atoms with Gasteiger partial charge in [0.05, 0.1) is 28.5 Å². The third-order valence-electron chi connectivity index (χ3n) is 8.06. The molecule has 184 valence electrons. The number of carbonyl (C=O) groups excluding carboxylic acids is 3. The van der Waals surface area contributed by atoms with E-state index in [1.807, 2.05) is 66.7 Å². The van der Waals surface area contributed by atoms with E-state index in [4.69, 9.17) is 0 Å². The van der Waals surface area contributed by atoms with Crippen molar-refractivity contribution < 1.29 is 14.4 Å². The Kier molecular flexibility index (Phi) is 4.88. The molecule has 1 aromatic heterocycles. The summed E-state index contributed by atoms with van der Waals surface area (Å²) in [6.45, 7) is 0. The van der Waals surface area contributed by atoms with E-state index in [2.05, 4.69) is 15.5 Å². The van der Waals surface area contributed by atoms with Gasteiger partial charge in [-0.3, -0.25) is 19.4 Å². The van der Waals surface area contributed by atoms with Gasteiger partial charge in [-0.2, -0.15) is 5.10 Å². The van der Waals surface area contributed by atoms with E-state index < -0.39 is 23.2 Å². The monoisotopic (exact) mass is 498 g/mol. The second-order valence-electron chi connectivity index (χ2n) is 9.81. The van der Waals surface area contributed by atoms with Gasteiger partial charge in [-0.25, -0.2) is 10.3 Å². The summed E-state index contributed by atoms with van der Waals surface area (Å²) < 4.78 is 0. The first-order valence-corrected chi connectivity index (χ1v) is 12.5. The maximum atomic E-state index is 14.2. The lowest BCUT2D eigenvalue weighted by atomic mass is 9.47. The zero-order chi connectivity index (χ0) is 25.9. The molecule has 1 fully saturated rings. The summed E-state index contributed by atoms with van der Waals surface area (Å²) in [5.41, 5.74) is 6.38. The lowest BCUT2D eigenvalue weighted by Crippen LogP contribution is -2.54. The predicted molar refractivity (Wildman–Crippen MR) is 142 cm³/mol. The Balaban J connectivity index is 1.42. The number of imide groups is 1. The molecule has 3 aromatic carbocycles. The van der Waals surface area contributed by atoms with Gasteiger partial charge in [-0.05, 0) is 46.5 Å². The van der Waals surface area contributed by atoms with E-state index in [9.17, 15) is 14.4 Å². The molecule has 0 unspecified atom stereocenters. The Morgan fingerprint density at radius 1 is 0.842 bits per heavy atom. The van der Waals surface area contributed by atoms with Crippen LogP contribution in [0.5, 0.6) is 0 Å². The lowest BCUT2D eigenvalue weighted by Gasteiger charge is -2.52. The van der Waals surface area contributed by atoms with Gasteiger partial charge in [0.25, 0.3) is 5.91 Å². The zero-order valence-corrected chi connectivity index (χ0v) is 20.2. The van der Waals surface area contributed by atoms with E-state index in [0.717, 1.165) is 22.3 Å².